The fraction of sp³-hybridized carbons (Fsp3) is 0.800. The normalized spacial score (nSPS) is 10.5. The van der Waals surface area contributed by atoms with Gasteiger partial charge in [0.05, 0.1) is 13.2 Å². The molecule has 68 valence electrons. The van der Waals surface area contributed by atoms with E-state index in [1.165, 1.54) is 11.8 Å². The molecule has 5 nitrogen and oxygen atoms in total. The first-order chi connectivity index (χ1) is 5.88. The van der Waals surface area contributed by atoms with Crippen molar-refractivity contribution in [3.05, 3.63) is 0 Å². The van der Waals surface area contributed by atoms with E-state index in [9.17, 15) is 4.39 Å². The van der Waals surface area contributed by atoms with Gasteiger partial charge in [-0.15, -0.1) is 5.10 Å². The topological polar surface area (TPSA) is 69.6 Å². The minimum Gasteiger partial charge on any atom is -0.329 e. The summed E-state index contributed by atoms with van der Waals surface area (Å²) >= 11 is 1.29. The third kappa shape index (κ3) is 2.42. The Morgan fingerprint density at radius 2 is 2.42 bits per heavy atom. The van der Waals surface area contributed by atoms with Crippen molar-refractivity contribution in [3.8, 4) is 0 Å². The molecule has 1 rings (SSSR count). The van der Waals surface area contributed by atoms with Gasteiger partial charge in [-0.3, -0.25) is 4.39 Å². The standard InChI is InChI=1S/C5H10FN5S/c6-1-4-12-5-8-9-10-11(5)3-2-7/h1-4,7H2. The molecule has 2 N–H and O–H groups in total. The first-order valence-electron chi connectivity index (χ1n) is 3.53. The molecule has 12 heavy (non-hydrogen) atoms. The van der Waals surface area contributed by atoms with Crippen molar-refractivity contribution in [2.24, 2.45) is 5.73 Å². The number of alkyl halides is 1. The van der Waals surface area contributed by atoms with Crippen LogP contribution in [0.1, 0.15) is 0 Å². The quantitative estimate of drug-likeness (QED) is 0.647. The molecule has 0 bridgehead atoms. The van der Waals surface area contributed by atoms with Crippen molar-refractivity contribution in [1.82, 2.24) is 20.2 Å². The Balaban J connectivity index is 2.51. The fourth-order valence-corrected chi connectivity index (χ4v) is 1.32. The Morgan fingerprint density at radius 3 is 3.08 bits per heavy atom. The summed E-state index contributed by atoms with van der Waals surface area (Å²) in [7, 11) is 0. The molecule has 0 unspecified atom stereocenters. The Morgan fingerprint density at radius 1 is 1.58 bits per heavy atom. The van der Waals surface area contributed by atoms with Crippen LogP contribution in [-0.2, 0) is 6.54 Å². The summed E-state index contributed by atoms with van der Waals surface area (Å²) in [5.74, 6) is 0.380. The molecule has 0 spiro atoms. The summed E-state index contributed by atoms with van der Waals surface area (Å²) < 4.78 is 13.3. The lowest BCUT2D eigenvalue weighted by molar-refractivity contribution is 0.529. The molecule has 0 saturated carbocycles. The summed E-state index contributed by atoms with van der Waals surface area (Å²) in [6.07, 6.45) is 0. The number of nitrogens with zero attached hydrogens (tertiary/aromatic N) is 4. The lowest BCUT2D eigenvalue weighted by atomic mass is 10.7. The van der Waals surface area contributed by atoms with Gasteiger partial charge in [0, 0.05) is 12.3 Å². The predicted octanol–water partition coefficient (Wildman–Crippen LogP) is -0.307. The highest BCUT2D eigenvalue weighted by molar-refractivity contribution is 7.99. The van der Waals surface area contributed by atoms with Crippen molar-refractivity contribution in [1.29, 1.82) is 0 Å². The number of nitrogens with two attached hydrogens (primary N) is 1. The molecule has 0 aromatic carbocycles. The average molecular weight is 191 g/mol. The average Bonchev–Trinajstić information content (AvgIpc) is 2.50. The Labute approximate surface area is 73.5 Å². The van der Waals surface area contributed by atoms with Crippen LogP contribution in [0.15, 0.2) is 5.16 Å². The Kier molecular flexibility index (Phi) is 3.95. The molecule has 7 heteroatoms. The summed E-state index contributed by atoms with van der Waals surface area (Å²) in [5, 5.41) is 11.5. The van der Waals surface area contributed by atoms with Gasteiger partial charge in [0.15, 0.2) is 0 Å². The van der Waals surface area contributed by atoms with Gasteiger partial charge in [0.1, 0.15) is 0 Å². The van der Waals surface area contributed by atoms with Gasteiger partial charge in [0.2, 0.25) is 5.16 Å². The van der Waals surface area contributed by atoms with Gasteiger partial charge in [-0.05, 0) is 10.4 Å². The number of hydrogen-bond acceptors (Lipinski definition) is 5. The highest BCUT2D eigenvalue weighted by Crippen LogP contribution is 2.12. The molecule has 0 amide bonds. The molecule has 1 aromatic rings. The van der Waals surface area contributed by atoms with Crippen molar-refractivity contribution < 1.29 is 4.39 Å². The van der Waals surface area contributed by atoms with Crippen LogP contribution in [-0.4, -0.2) is 39.2 Å². The predicted molar refractivity (Wildman–Crippen MR) is 43.6 cm³/mol. The second-order valence-electron chi connectivity index (χ2n) is 2.01. The molecule has 1 aromatic heterocycles. The second kappa shape index (κ2) is 5.04. The monoisotopic (exact) mass is 191 g/mol. The smallest absolute Gasteiger partial charge is 0.209 e. The van der Waals surface area contributed by atoms with Crippen LogP contribution in [0.4, 0.5) is 4.39 Å². The lowest BCUT2D eigenvalue weighted by Crippen LogP contribution is -2.12. The summed E-state index contributed by atoms with van der Waals surface area (Å²) in [6, 6.07) is 0. The third-order valence-electron chi connectivity index (χ3n) is 1.15. The van der Waals surface area contributed by atoms with Crippen LogP contribution in [0.2, 0.25) is 0 Å². The molecule has 0 atom stereocenters. The maximum atomic E-state index is 11.8. The minimum absolute atomic E-state index is 0.375. The molecule has 0 saturated heterocycles. The van der Waals surface area contributed by atoms with E-state index in [0.29, 0.717) is 24.0 Å². The van der Waals surface area contributed by atoms with Gasteiger partial charge in [-0.2, -0.15) is 0 Å². The number of hydrogen-bond donors (Lipinski definition) is 1. The zero-order valence-corrected chi connectivity index (χ0v) is 7.30. The van der Waals surface area contributed by atoms with E-state index in [1.54, 1.807) is 4.68 Å². The number of rotatable bonds is 5. The number of tetrazole rings is 1. The van der Waals surface area contributed by atoms with E-state index in [2.05, 4.69) is 15.5 Å². The van der Waals surface area contributed by atoms with E-state index < -0.39 is 0 Å². The highest BCUT2D eigenvalue weighted by atomic mass is 32.2. The molecule has 0 aliphatic carbocycles. The van der Waals surface area contributed by atoms with Crippen molar-refractivity contribution >= 4 is 11.8 Å². The number of halogens is 1. The SMILES string of the molecule is NCCn1nnnc1SCCF. The van der Waals surface area contributed by atoms with Crippen LogP contribution >= 0.6 is 11.8 Å². The molecular weight excluding hydrogens is 181 g/mol. The van der Waals surface area contributed by atoms with Crippen LogP contribution in [0.3, 0.4) is 0 Å². The van der Waals surface area contributed by atoms with E-state index in [4.69, 9.17) is 5.73 Å². The van der Waals surface area contributed by atoms with Gasteiger partial charge >= 0.3 is 0 Å². The first-order valence-corrected chi connectivity index (χ1v) is 4.52. The Hall–Kier alpha value is -0.690. The maximum Gasteiger partial charge on any atom is 0.209 e. The number of thioether (sulfide) groups is 1. The minimum atomic E-state index is -0.375. The maximum absolute atomic E-state index is 11.8. The van der Waals surface area contributed by atoms with Crippen LogP contribution in [0.5, 0.6) is 0 Å². The fourth-order valence-electron chi connectivity index (χ4n) is 0.692. The van der Waals surface area contributed by atoms with E-state index in [0.717, 1.165) is 0 Å². The van der Waals surface area contributed by atoms with Gasteiger partial charge in [-0.1, -0.05) is 11.8 Å². The largest absolute Gasteiger partial charge is 0.329 e. The van der Waals surface area contributed by atoms with Crippen molar-refractivity contribution in [2.45, 2.75) is 11.7 Å². The zero-order valence-electron chi connectivity index (χ0n) is 6.48. The van der Waals surface area contributed by atoms with Crippen molar-refractivity contribution in [3.63, 3.8) is 0 Å². The molecule has 0 aliphatic heterocycles. The van der Waals surface area contributed by atoms with Crippen LogP contribution in [0.25, 0.3) is 0 Å². The molecular formula is C5H10FN5S. The Bertz CT molecular complexity index is 227. The zero-order chi connectivity index (χ0) is 8.81. The summed E-state index contributed by atoms with van der Waals surface area (Å²) in [4.78, 5) is 0. The van der Waals surface area contributed by atoms with E-state index in [-0.39, 0.29) is 6.67 Å². The molecule has 0 radical (unpaired) electrons. The highest BCUT2D eigenvalue weighted by Gasteiger charge is 2.04. The lowest BCUT2D eigenvalue weighted by Gasteiger charge is -1.99. The van der Waals surface area contributed by atoms with Crippen LogP contribution in [0, 0.1) is 0 Å². The van der Waals surface area contributed by atoms with Gasteiger partial charge in [0.25, 0.3) is 0 Å². The summed E-state index contributed by atoms with van der Waals surface area (Å²) in [5.41, 5.74) is 5.32. The second-order valence-corrected chi connectivity index (χ2v) is 3.07. The molecule has 0 aliphatic rings. The van der Waals surface area contributed by atoms with Crippen LogP contribution < -0.4 is 5.73 Å². The molecule has 0 fully saturated rings. The summed E-state index contributed by atoms with van der Waals surface area (Å²) in [6.45, 7) is 0.677. The third-order valence-corrected chi connectivity index (χ3v) is 2.06. The van der Waals surface area contributed by atoms with Gasteiger partial charge in [-0.25, -0.2) is 4.68 Å². The molecule has 1 heterocycles. The van der Waals surface area contributed by atoms with Gasteiger partial charge < -0.3 is 5.73 Å². The van der Waals surface area contributed by atoms with Crippen molar-refractivity contribution in [2.75, 3.05) is 19.0 Å². The first kappa shape index (κ1) is 9.40. The van der Waals surface area contributed by atoms with E-state index >= 15 is 0 Å². The van der Waals surface area contributed by atoms with E-state index in [1.807, 2.05) is 0 Å². The number of aromatic nitrogens is 4.